The number of aliphatic hydroxyl groups is 1. The van der Waals surface area contributed by atoms with Crippen molar-refractivity contribution in [2.75, 3.05) is 6.54 Å². The van der Waals surface area contributed by atoms with Crippen LogP contribution in [0.25, 0.3) is 0 Å². The SMILES string of the molecule is O=BC1CCC(O)(C(=O)N2CCC3(S(=O)(=O)c4ccc(I)c(F)c4)c4ccc(C(F)(C(F)(F)F)C(F)(F)F)cc4CCC23)CC1. The number of hydrogen-bond acceptors (Lipinski definition) is 5. The van der Waals surface area contributed by atoms with Gasteiger partial charge in [0.2, 0.25) is 0 Å². The molecule has 0 bridgehead atoms. The fourth-order valence-electron chi connectivity index (χ4n) is 7.06. The minimum absolute atomic E-state index is 0.0734. The molecule has 1 saturated heterocycles. The van der Waals surface area contributed by atoms with E-state index < -0.39 is 72.9 Å². The molecule has 2 aromatic rings. The summed E-state index contributed by atoms with van der Waals surface area (Å²) in [6.45, 7) is -0.270. The number of alkyl halides is 7. The Balaban J connectivity index is 1.67. The number of aryl methyl sites for hydroxylation is 1. The molecule has 6 nitrogen and oxygen atoms in total. The minimum atomic E-state index is -6.39. The van der Waals surface area contributed by atoms with Gasteiger partial charge < -0.3 is 0 Å². The Morgan fingerprint density at radius 3 is 2.13 bits per heavy atom. The first-order valence-electron chi connectivity index (χ1n) is 13.9. The third kappa shape index (κ3) is 5.13. The van der Waals surface area contributed by atoms with Crippen LogP contribution in [-0.4, -0.2) is 62.0 Å². The molecular formula is C28H25BF8INO5S. The number of benzene rings is 2. The van der Waals surface area contributed by atoms with Crippen molar-refractivity contribution in [2.45, 2.75) is 90.1 Å². The van der Waals surface area contributed by atoms with Gasteiger partial charge in [-0.3, -0.25) is 0 Å². The van der Waals surface area contributed by atoms with Crippen molar-refractivity contribution in [3.8, 4) is 0 Å². The molecule has 17 heteroatoms. The summed E-state index contributed by atoms with van der Waals surface area (Å²) in [6, 6.07) is 3.07. The van der Waals surface area contributed by atoms with Gasteiger partial charge in [0, 0.05) is 3.57 Å². The molecule has 0 spiro atoms. The van der Waals surface area contributed by atoms with Gasteiger partial charge in [-0.1, -0.05) is 0 Å². The average molecular weight is 777 g/mol. The van der Waals surface area contributed by atoms with Crippen molar-refractivity contribution in [3.05, 3.63) is 62.5 Å². The van der Waals surface area contributed by atoms with Gasteiger partial charge in [0.25, 0.3) is 0 Å². The number of carbonyl (C=O) groups excluding carboxylic acids is 1. The molecule has 244 valence electrons. The Morgan fingerprint density at radius 1 is 0.956 bits per heavy atom. The van der Waals surface area contributed by atoms with Crippen LogP contribution >= 0.6 is 22.6 Å². The first-order valence-corrected chi connectivity index (χ1v) is 16.5. The molecule has 45 heavy (non-hydrogen) atoms. The fraction of sp³-hybridized carbons (Fsp3) is 0.536. The third-order valence-corrected chi connectivity index (χ3v) is 12.9. The van der Waals surface area contributed by atoms with Crippen LogP contribution in [0.3, 0.4) is 0 Å². The first-order chi connectivity index (χ1) is 20.7. The summed E-state index contributed by atoms with van der Waals surface area (Å²) in [5.74, 6) is -2.10. The second-order valence-corrected chi connectivity index (χ2v) is 15.2. The number of likely N-dealkylation sites (tertiary alicyclic amines) is 1. The van der Waals surface area contributed by atoms with Crippen molar-refractivity contribution in [1.82, 2.24) is 4.90 Å². The second kappa shape index (κ2) is 11.2. The van der Waals surface area contributed by atoms with Gasteiger partial charge in [0.15, 0.2) is 0 Å². The monoisotopic (exact) mass is 777 g/mol. The van der Waals surface area contributed by atoms with Gasteiger partial charge >= 0.3 is 206 Å². The molecule has 1 heterocycles. The van der Waals surface area contributed by atoms with Gasteiger partial charge in [-0.2, -0.15) is 26.3 Å². The van der Waals surface area contributed by atoms with Crippen LogP contribution in [0.5, 0.6) is 0 Å². The second-order valence-electron chi connectivity index (χ2n) is 11.8. The Labute approximate surface area is 266 Å². The molecule has 1 aliphatic heterocycles. The Bertz CT molecular complexity index is 1630. The summed E-state index contributed by atoms with van der Waals surface area (Å²) in [6.07, 6.45) is -13.6. The number of carbonyl (C=O) groups is 1. The molecule has 1 saturated carbocycles. The number of rotatable bonds is 5. The Morgan fingerprint density at radius 2 is 1.58 bits per heavy atom. The zero-order valence-electron chi connectivity index (χ0n) is 23.2. The molecule has 1 amide bonds. The molecule has 2 atom stereocenters. The summed E-state index contributed by atoms with van der Waals surface area (Å²) in [5.41, 5.74) is -10.0. The van der Waals surface area contributed by atoms with Crippen molar-refractivity contribution < 1.29 is 58.1 Å². The van der Waals surface area contributed by atoms with E-state index >= 15 is 4.39 Å². The topological polar surface area (TPSA) is 91.8 Å². The van der Waals surface area contributed by atoms with E-state index in [9.17, 15) is 53.8 Å². The van der Waals surface area contributed by atoms with Crippen molar-refractivity contribution in [3.63, 3.8) is 0 Å². The number of hydrogen-bond donors (Lipinski definition) is 1. The van der Waals surface area contributed by atoms with E-state index in [4.69, 9.17) is 0 Å². The van der Waals surface area contributed by atoms with E-state index in [0.717, 1.165) is 17.0 Å². The van der Waals surface area contributed by atoms with Crippen molar-refractivity contribution in [1.29, 1.82) is 0 Å². The number of amides is 1. The molecule has 2 aromatic carbocycles. The van der Waals surface area contributed by atoms with Gasteiger partial charge in [0.05, 0.1) is 0 Å². The molecule has 1 N–H and O–H groups in total. The van der Waals surface area contributed by atoms with E-state index in [2.05, 4.69) is 0 Å². The van der Waals surface area contributed by atoms with E-state index in [1.807, 2.05) is 0 Å². The molecule has 0 radical (unpaired) electrons. The molecule has 2 fully saturated rings. The van der Waals surface area contributed by atoms with Gasteiger partial charge in [-0.05, 0) is 22.6 Å². The third-order valence-electron chi connectivity index (χ3n) is 9.46. The Hall–Kier alpha value is -2.15. The van der Waals surface area contributed by atoms with E-state index in [0.29, 0.717) is 19.3 Å². The summed E-state index contributed by atoms with van der Waals surface area (Å²) >= 11 is 1.63. The number of halogens is 9. The summed E-state index contributed by atoms with van der Waals surface area (Å²) in [5, 5.41) is 11.3. The van der Waals surface area contributed by atoms with Crippen molar-refractivity contribution >= 4 is 45.5 Å². The number of fused-ring (bicyclic) bond motifs is 3. The maximum atomic E-state index is 15.0. The van der Waals surface area contributed by atoms with E-state index in [1.54, 1.807) is 22.6 Å². The predicted octanol–water partition coefficient (Wildman–Crippen LogP) is 6.08. The van der Waals surface area contributed by atoms with Gasteiger partial charge in [0.1, 0.15) is 0 Å². The normalized spacial score (nSPS) is 27.5. The molecule has 2 aliphatic carbocycles. The molecular weight excluding hydrogens is 752 g/mol. The zero-order valence-corrected chi connectivity index (χ0v) is 26.2. The van der Waals surface area contributed by atoms with Gasteiger partial charge in [-0.25, -0.2) is 8.78 Å². The van der Waals surface area contributed by atoms with Crippen LogP contribution in [0, 0.1) is 9.39 Å². The van der Waals surface area contributed by atoms with Crippen LogP contribution < -0.4 is 0 Å². The molecule has 3 aliphatic rings. The van der Waals surface area contributed by atoms with Crippen LogP contribution in [0.4, 0.5) is 35.1 Å². The molecule has 0 aromatic heterocycles. The van der Waals surface area contributed by atoms with Crippen LogP contribution in [-0.2, 0) is 36.2 Å². The fourth-order valence-corrected chi connectivity index (χ4v) is 9.78. The summed E-state index contributed by atoms with van der Waals surface area (Å²) in [7, 11) is -4.04. The number of sulfone groups is 1. The van der Waals surface area contributed by atoms with Gasteiger partial charge in [-0.15, -0.1) is 0 Å². The van der Waals surface area contributed by atoms with Crippen LogP contribution in [0.15, 0.2) is 41.3 Å². The molecule has 5 rings (SSSR count). The first kappa shape index (κ1) is 34.2. The quantitative estimate of drug-likeness (QED) is 0.226. The predicted molar refractivity (Wildman–Crippen MR) is 151 cm³/mol. The average Bonchev–Trinajstić information content (AvgIpc) is 3.38. The zero-order chi connectivity index (χ0) is 33.4. The standard InChI is InChI=1S/C28H25BF8INO5S/c30-20-14-18(3-5-21(20)38)45(43,44)25-11-12-39(23(40)24(41)9-7-17(29-42)8-10-24)22(25)6-1-15-13-16(2-4-19(15)25)26(31,27(32,33)34)28(35,36)37/h2-5,13-14,17,22,41H,1,6-12H2. The summed E-state index contributed by atoms with van der Waals surface area (Å²) < 4.78 is 149. The van der Waals surface area contributed by atoms with Crippen LogP contribution in [0.2, 0.25) is 5.82 Å². The maximum absolute atomic E-state index is 15.0. The van der Waals surface area contributed by atoms with E-state index in [1.165, 1.54) is 6.07 Å². The van der Waals surface area contributed by atoms with Crippen molar-refractivity contribution in [2.24, 2.45) is 0 Å². The Kier molecular flexibility index (Phi) is 8.54. The van der Waals surface area contributed by atoms with E-state index in [-0.39, 0.29) is 71.7 Å². The summed E-state index contributed by atoms with van der Waals surface area (Å²) in [4.78, 5) is 14.4. The number of nitrogens with zero attached hydrogens (tertiary/aromatic N) is 1. The van der Waals surface area contributed by atoms with Crippen LogP contribution in [0.1, 0.15) is 55.2 Å². The molecule has 2 unspecified atom stereocenters.